The summed E-state index contributed by atoms with van der Waals surface area (Å²) in [7, 11) is 1.41. The maximum Gasteiger partial charge on any atom is 0.258 e. The Hall–Kier alpha value is -2.37. The van der Waals surface area contributed by atoms with Gasteiger partial charge in [0.1, 0.15) is 17.1 Å². The average molecular weight is 319 g/mol. The molecule has 1 N–H and O–H groups in total. The zero-order valence-corrected chi connectivity index (χ0v) is 13.9. The van der Waals surface area contributed by atoms with E-state index in [-0.39, 0.29) is 17.2 Å². The molecule has 0 saturated carbocycles. The number of hydrogen-bond acceptors (Lipinski definition) is 3. The van der Waals surface area contributed by atoms with Crippen LogP contribution in [0.2, 0.25) is 0 Å². The highest BCUT2D eigenvalue weighted by Crippen LogP contribution is 2.20. The van der Waals surface area contributed by atoms with Gasteiger partial charge in [0.05, 0.1) is 12.8 Å². The van der Waals surface area contributed by atoms with Crippen molar-refractivity contribution in [1.82, 2.24) is 15.1 Å². The molecule has 0 spiro atoms. The van der Waals surface area contributed by atoms with Gasteiger partial charge in [-0.2, -0.15) is 5.10 Å². The van der Waals surface area contributed by atoms with Crippen LogP contribution in [0.15, 0.2) is 24.3 Å². The van der Waals surface area contributed by atoms with Gasteiger partial charge >= 0.3 is 0 Å². The monoisotopic (exact) mass is 319 g/mol. The molecule has 1 aromatic heterocycles. The van der Waals surface area contributed by atoms with Crippen molar-refractivity contribution in [3.05, 3.63) is 47.0 Å². The Morgan fingerprint density at radius 1 is 1.43 bits per heavy atom. The molecule has 0 saturated heterocycles. The molecular formula is C17H22FN3O2. The number of ether oxygens (including phenoxy) is 1. The Labute approximate surface area is 135 Å². The summed E-state index contributed by atoms with van der Waals surface area (Å²) < 4.78 is 20.8. The van der Waals surface area contributed by atoms with E-state index in [1.54, 1.807) is 6.07 Å². The summed E-state index contributed by atoms with van der Waals surface area (Å²) in [6.45, 7) is 7.06. The number of hydrogen-bond donors (Lipinski definition) is 1. The van der Waals surface area contributed by atoms with E-state index in [4.69, 9.17) is 4.74 Å². The Morgan fingerprint density at radius 3 is 2.78 bits per heavy atom. The molecule has 0 bridgehead atoms. The van der Waals surface area contributed by atoms with Crippen LogP contribution >= 0.6 is 0 Å². The van der Waals surface area contributed by atoms with Crippen LogP contribution < -0.4 is 10.1 Å². The molecule has 0 unspecified atom stereocenters. The van der Waals surface area contributed by atoms with Crippen LogP contribution in [-0.4, -0.2) is 29.3 Å². The third-order valence-electron chi connectivity index (χ3n) is 3.62. The van der Waals surface area contributed by atoms with E-state index in [9.17, 15) is 9.18 Å². The number of halogens is 1. The summed E-state index contributed by atoms with van der Waals surface area (Å²) in [5.41, 5.74) is 1.99. The third kappa shape index (κ3) is 4.09. The lowest BCUT2D eigenvalue weighted by Crippen LogP contribution is -2.31. The van der Waals surface area contributed by atoms with Gasteiger partial charge in [-0.15, -0.1) is 0 Å². The van der Waals surface area contributed by atoms with Crippen molar-refractivity contribution in [2.75, 3.05) is 13.7 Å². The smallest absolute Gasteiger partial charge is 0.258 e. The summed E-state index contributed by atoms with van der Waals surface area (Å²) in [6, 6.07) is 6.33. The van der Waals surface area contributed by atoms with Crippen molar-refractivity contribution in [1.29, 1.82) is 0 Å². The molecule has 0 aliphatic carbocycles. The van der Waals surface area contributed by atoms with Gasteiger partial charge in [-0.1, -0.05) is 13.0 Å². The van der Waals surface area contributed by atoms with Gasteiger partial charge in [-0.05, 0) is 38.0 Å². The molecule has 23 heavy (non-hydrogen) atoms. The van der Waals surface area contributed by atoms with Crippen LogP contribution in [0.25, 0.3) is 0 Å². The van der Waals surface area contributed by atoms with Gasteiger partial charge in [0.2, 0.25) is 0 Å². The summed E-state index contributed by atoms with van der Waals surface area (Å²) >= 11 is 0. The first-order valence-electron chi connectivity index (χ1n) is 7.54. The minimum atomic E-state index is -0.590. The molecular weight excluding hydrogens is 297 g/mol. The number of methoxy groups -OCH3 is 1. The second-order valence-corrected chi connectivity index (χ2v) is 5.74. The lowest BCUT2D eigenvalue weighted by atomic mass is 10.1. The van der Waals surface area contributed by atoms with Crippen molar-refractivity contribution in [3.8, 4) is 5.75 Å². The molecule has 0 fully saturated rings. The van der Waals surface area contributed by atoms with E-state index in [0.29, 0.717) is 13.1 Å². The highest BCUT2D eigenvalue weighted by atomic mass is 19.1. The van der Waals surface area contributed by atoms with E-state index in [1.165, 1.54) is 19.2 Å². The number of amides is 1. The fraction of sp³-hybridized carbons (Fsp3) is 0.412. The van der Waals surface area contributed by atoms with Gasteiger partial charge in [-0.3, -0.25) is 9.48 Å². The molecule has 1 amide bonds. The van der Waals surface area contributed by atoms with E-state index < -0.39 is 11.7 Å². The topological polar surface area (TPSA) is 56.1 Å². The molecule has 5 nitrogen and oxygen atoms in total. The van der Waals surface area contributed by atoms with E-state index in [1.807, 2.05) is 31.5 Å². The van der Waals surface area contributed by atoms with Crippen LogP contribution in [0.4, 0.5) is 4.39 Å². The summed E-state index contributed by atoms with van der Waals surface area (Å²) in [5.74, 6) is -0.670. The number of rotatable bonds is 6. The minimum absolute atomic E-state index is 0.0617. The first-order valence-corrected chi connectivity index (χ1v) is 7.54. The van der Waals surface area contributed by atoms with Crippen molar-refractivity contribution in [2.45, 2.75) is 27.3 Å². The Kier molecular flexibility index (Phi) is 5.36. The zero-order valence-electron chi connectivity index (χ0n) is 13.9. The maximum atomic E-state index is 13.9. The van der Waals surface area contributed by atoms with Gasteiger partial charge < -0.3 is 10.1 Å². The Morgan fingerprint density at radius 2 is 2.17 bits per heavy atom. The summed E-state index contributed by atoms with van der Waals surface area (Å²) in [4.78, 5) is 12.2. The first kappa shape index (κ1) is 17.0. The fourth-order valence-corrected chi connectivity index (χ4v) is 2.47. The van der Waals surface area contributed by atoms with Crippen LogP contribution in [0.1, 0.15) is 28.7 Å². The van der Waals surface area contributed by atoms with Crippen LogP contribution in [0.5, 0.6) is 5.75 Å². The number of nitrogens with zero attached hydrogens (tertiary/aromatic N) is 2. The highest BCUT2D eigenvalue weighted by Gasteiger charge is 2.18. The normalized spacial score (nSPS) is 12.0. The van der Waals surface area contributed by atoms with E-state index in [2.05, 4.69) is 10.4 Å². The first-order chi connectivity index (χ1) is 10.9. The summed E-state index contributed by atoms with van der Waals surface area (Å²) in [6.07, 6.45) is 0. The average Bonchev–Trinajstić information content (AvgIpc) is 2.82. The second kappa shape index (κ2) is 7.26. The predicted molar refractivity (Wildman–Crippen MR) is 86.2 cm³/mol. The van der Waals surface area contributed by atoms with E-state index in [0.717, 1.165) is 11.4 Å². The molecule has 2 aromatic rings. The largest absolute Gasteiger partial charge is 0.496 e. The lowest BCUT2D eigenvalue weighted by molar-refractivity contribution is 0.0939. The van der Waals surface area contributed by atoms with Crippen molar-refractivity contribution in [2.24, 2.45) is 5.92 Å². The Bertz CT molecular complexity index is 697. The molecule has 1 atom stereocenters. The molecule has 0 aliphatic heterocycles. The number of nitrogens with one attached hydrogen (secondary N) is 1. The third-order valence-corrected chi connectivity index (χ3v) is 3.62. The SMILES string of the molecule is COc1cccc(F)c1C(=O)NC[C@@H](C)Cn1nc(C)cc1C. The molecule has 0 radical (unpaired) electrons. The molecule has 6 heteroatoms. The molecule has 0 aliphatic rings. The maximum absolute atomic E-state index is 13.9. The lowest BCUT2D eigenvalue weighted by Gasteiger charge is -2.15. The van der Waals surface area contributed by atoms with Crippen LogP contribution in [0, 0.1) is 25.6 Å². The van der Waals surface area contributed by atoms with Gasteiger partial charge in [0.25, 0.3) is 5.91 Å². The molecule has 1 heterocycles. The fourth-order valence-electron chi connectivity index (χ4n) is 2.47. The van der Waals surface area contributed by atoms with Crippen LogP contribution in [0.3, 0.4) is 0 Å². The Balaban J connectivity index is 1.98. The zero-order chi connectivity index (χ0) is 17.0. The molecule has 1 aromatic carbocycles. The highest BCUT2D eigenvalue weighted by molar-refractivity contribution is 5.97. The van der Waals surface area contributed by atoms with Crippen molar-refractivity contribution < 1.29 is 13.9 Å². The second-order valence-electron chi connectivity index (χ2n) is 5.74. The molecule has 2 rings (SSSR count). The number of aromatic nitrogens is 2. The van der Waals surface area contributed by atoms with Crippen LogP contribution in [-0.2, 0) is 6.54 Å². The quantitative estimate of drug-likeness (QED) is 0.890. The minimum Gasteiger partial charge on any atom is -0.496 e. The standard InChI is InChI=1S/C17H22FN3O2/c1-11(10-21-13(3)8-12(2)20-21)9-19-17(22)16-14(18)6-5-7-15(16)23-4/h5-8,11H,9-10H2,1-4H3,(H,19,22)/t11-/m1/s1. The predicted octanol–water partition coefficient (Wildman–Crippen LogP) is 2.71. The van der Waals surface area contributed by atoms with Crippen molar-refractivity contribution >= 4 is 5.91 Å². The summed E-state index contributed by atoms with van der Waals surface area (Å²) in [5, 5.41) is 7.16. The number of aryl methyl sites for hydroxylation is 2. The van der Waals surface area contributed by atoms with Gasteiger partial charge in [0.15, 0.2) is 0 Å². The van der Waals surface area contributed by atoms with Gasteiger partial charge in [0, 0.05) is 18.8 Å². The number of benzene rings is 1. The van der Waals surface area contributed by atoms with E-state index >= 15 is 0 Å². The number of carbonyl (C=O) groups excluding carboxylic acids is 1. The molecule has 124 valence electrons. The van der Waals surface area contributed by atoms with Gasteiger partial charge in [-0.25, -0.2) is 4.39 Å². The number of carbonyl (C=O) groups is 1. The van der Waals surface area contributed by atoms with Crippen molar-refractivity contribution in [3.63, 3.8) is 0 Å².